The third kappa shape index (κ3) is 13.2. The Bertz CT molecular complexity index is 359. The average Bonchev–Trinajstić information content (AvgIpc) is 2.37. The summed E-state index contributed by atoms with van der Waals surface area (Å²) >= 11 is 0. The van der Waals surface area contributed by atoms with E-state index in [-0.39, 0.29) is 57.3 Å². The Morgan fingerprint density at radius 3 is 1.86 bits per heavy atom. The minimum Gasteiger partial charge on any atom is -0.550 e. The number of carboxylic acid groups (broad SMARTS) is 2. The summed E-state index contributed by atoms with van der Waals surface area (Å²) in [6.07, 6.45) is -3.02. The van der Waals surface area contributed by atoms with Crippen molar-refractivity contribution in [3.63, 3.8) is 0 Å². The number of aliphatic hydroxyl groups excluding tert-OH is 3. The van der Waals surface area contributed by atoms with Gasteiger partial charge in [0, 0.05) is 24.3 Å². The molecule has 124 valence electrons. The van der Waals surface area contributed by atoms with Crippen molar-refractivity contribution >= 4 is 55.6 Å². The van der Waals surface area contributed by atoms with E-state index < -0.39 is 35.5 Å². The monoisotopic (exact) mass is 347 g/mol. The second kappa shape index (κ2) is 13.0. The number of nitrogens with one attached hydrogen (secondary N) is 1. The number of rotatable bonds is 7. The number of aliphatic carboxylic acids is 2. The van der Waals surface area contributed by atoms with Gasteiger partial charge in [0.2, 0.25) is 5.91 Å². The van der Waals surface area contributed by atoms with Crippen LogP contribution < -0.4 is 15.5 Å². The van der Waals surface area contributed by atoms with Crippen molar-refractivity contribution < 1.29 is 39.9 Å². The Labute approximate surface area is 158 Å². The van der Waals surface area contributed by atoms with E-state index >= 15 is 0 Å². The second-order valence-electron chi connectivity index (χ2n) is 4.96. The number of hydrogen-bond donors (Lipinski definition) is 4. The van der Waals surface area contributed by atoms with E-state index in [1.54, 1.807) is 0 Å². The normalized spacial score (nSPS) is 12.8. The predicted octanol–water partition coefficient (Wildman–Crippen LogP) is -4.64. The molecule has 0 aliphatic carbocycles. The summed E-state index contributed by atoms with van der Waals surface area (Å²) in [7, 11) is 0. The summed E-state index contributed by atoms with van der Waals surface area (Å²) in [5.41, 5.74) is -0.953. The van der Waals surface area contributed by atoms with Crippen LogP contribution in [0, 0.1) is 5.41 Å². The van der Waals surface area contributed by atoms with Gasteiger partial charge in [0.15, 0.2) is 0 Å². The molecule has 1 amide bonds. The molecule has 0 saturated carbocycles. The Balaban J connectivity index is -0.000000439. The first-order valence-electron chi connectivity index (χ1n) is 6.11. The van der Waals surface area contributed by atoms with Crippen LogP contribution in [-0.4, -0.2) is 96.3 Å². The van der Waals surface area contributed by atoms with Gasteiger partial charge in [-0.15, -0.1) is 0 Å². The molecule has 4 N–H and O–H groups in total. The number of hydrogen-bond acceptors (Lipinski definition) is 8. The zero-order valence-electron chi connectivity index (χ0n) is 12.9. The van der Waals surface area contributed by atoms with Crippen molar-refractivity contribution in [1.29, 1.82) is 0 Å². The number of carbonyl (C=O) groups is 3. The largest absolute Gasteiger partial charge is 2.00 e. The molecule has 22 heavy (non-hydrogen) atoms. The van der Waals surface area contributed by atoms with Crippen molar-refractivity contribution in [1.82, 2.24) is 5.32 Å². The summed E-state index contributed by atoms with van der Waals surface area (Å²) in [6.45, 7) is 3.74. The van der Waals surface area contributed by atoms with Crippen molar-refractivity contribution in [2.45, 2.75) is 39.4 Å². The Morgan fingerprint density at radius 1 is 1.18 bits per heavy atom. The van der Waals surface area contributed by atoms with Gasteiger partial charge in [-0.1, -0.05) is 13.8 Å². The molecule has 0 bridgehead atoms. The van der Waals surface area contributed by atoms with E-state index in [0.717, 1.165) is 6.92 Å². The molecule has 2 atom stereocenters. The Kier molecular flexibility index (Phi) is 15.7. The molecule has 0 aromatic carbocycles. The van der Waals surface area contributed by atoms with Crippen LogP contribution >= 0.6 is 0 Å². The smallest absolute Gasteiger partial charge is 0.550 e. The van der Waals surface area contributed by atoms with Crippen LogP contribution in [0.5, 0.6) is 0 Å². The van der Waals surface area contributed by atoms with Gasteiger partial charge < -0.3 is 40.4 Å². The van der Waals surface area contributed by atoms with E-state index in [4.69, 9.17) is 10.2 Å². The maximum atomic E-state index is 11.2. The van der Waals surface area contributed by atoms with Gasteiger partial charge in [0.25, 0.3) is 0 Å². The zero-order chi connectivity index (χ0) is 17.2. The van der Waals surface area contributed by atoms with Gasteiger partial charge >= 0.3 is 37.7 Å². The third-order valence-electron chi connectivity index (χ3n) is 2.37. The van der Waals surface area contributed by atoms with Crippen LogP contribution in [0.1, 0.15) is 27.2 Å². The molecule has 0 rings (SSSR count). The minimum atomic E-state index is -1.44. The van der Waals surface area contributed by atoms with Crippen LogP contribution in [0.4, 0.5) is 0 Å². The van der Waals surface area contributed by atoms with Crippen LogP contribution in [0.25, 0.3) is 0 Å². The minimum absolute atomic E-state index is 0. The second-order valence-corrected chi connectivity index (χ2v) is 4.96. The molecule has 9 nitrogen and oxygen atoms in total. The molecule has 0 aliphatic heterocycles. The molecule has 0 aromatic heterocycles. The molecule has 0 spiro atoms. The third-order valence-corrected chi connectivity index (χ3v) is 2.37. The number of carbonyl (C=O) groups excluding carboxylic acids is 3. The maximum absolute atomic E-state index is 11.2. The first-order valence-corrected chi connectivity index (χ1v) is 6.11. The molecule has 10 heteroatoms. The van der Waals surface area contributed by atoms with Gasteiger partial charge in [-0.05, 0) is 6.92 Å². The van der Waals surface area contributed by atoms with Gasteiger partial charge in [-0.3, -0.25) is 4.79 Å². The van der Waals surface area contributed by atoms with Gasteiger partial charge in [0.05, 0.1) is 18.7 Å². The molecule has 0 aliphatic rings. The molecule has 0 saturated heterocycles. The summed E-state index contributed by atoms with van der Waals surface area (Å²) < 4.78 is 0. The summed E-state index contributed by atoms with van der Waals surface area (Å²) in [6, 6.07) is 0. The Morgan fingerprint density at radius 2 is 1.59 bits per heavy atom. The number of amides is 1. The van der Waals surface area contributed by atoms with Gasteiger partial charge in [-0.2, -0.15) is 0 Å². The van der Waals surface area contributed by atoms with E-state index in [0.29, 0.717) is 0 Å². The van der Waals surface area contributed by atoms with E-state index in [2.05, 4.69) is 5.32 Å². The van der Waals surface area contributed by atoms with E-state index in [1.807, 2.05) is 0 Å². The zero-order valence-corrected chi connectivity index (χ0v) is 15.1. The molecule has 0 heterocycles. The van der Waals surface area contributed by atoms with Crippen LogP contribution in [0.15, 0.2) is 0 Å². The number of aliphatic hydroxyl groups is 3. The first kappa shape index (κ1) is 26.4. The maximum Gasteiger partial charge on any atom is 2.00 e. The van der Waals surface area contributed by atoms with E-state index in [1.165, 1.54) is 13.8 Å². The molecule has 0 radical (unpaired) electrons. The van der Waals surface area contributed by atoms with Gasteiger partial charge in [-0.25, -0.2) is 0 Å². The van der Waals surface area contributed by atoms with Crippen molar-refractivity contribution in [3.8, 4) is 0 Å². The van der Waals surface area contributed by atoms with Crippen molar-refractivity contribution in [2.24, 2.45) is 5.41 Å². The topological polar surface area (TPSA) is 170 Å². The first-order chi connectivity index (χ1) is 9.45. The molecular formula is C12H21CaNO8. The fourth-order valence-corrected chi connectivity index (χ4v) is 0.826. The summed E-state index contributed by atoms with van der Waals surface area (Å²) in [5, 5.41) is 47.9. The Hall–Kier alpha value is -0.450. The molecular weight excluding hydrogens is 326 g/mol. The summed E-state index contributed by atoms with van der Waals surface area (Å²) in [5.74, 6) is -3.41. The number of carboxylic acids is 2. The van der Waals surface area contributed by atoms with Crippen LogP contribution in [-0.2, 0) is 14.4 Å². The van der Waals surface area contributed by atoms with Crippen molar-refractivity contribution in [3.05, 3.63) is 0 Å². The predicted molar refractivity (Wildman–Crippen MR) is 71.9 cm³/mol. The quantitative estimate of drug-likeness (QED) is 0.333. The molecule has 0 aromatic rings. The fraction of sp³-hybridized carbons (Fsp3) is 0.750. The fourth-order valence-electron chi connectivity index (χ4n) is 0.826. The molecule has 2 unspecified atom stereocenters. The summed E-state index contributed by atoms with van der Waals surface area (Å²) in [4.78, 5) is 30.6. The van der Waals surface area contributed by atoms with Gasteiger partial charge in [0.1, 0.15) is 6.10 Å². The standard InChI is InChI=1S/C9H17NO5.C3H6O3.Ca/c1-9(2,5-11)7(14)8(15)10-4-3-6(12)13;1-2(4)3(5)6;/h7,11,14H,3-5H2,1-2H3,(H,10,15)(H,12,13);2,4H,1H3,(H,5,6);/q;;+2/p-2. The van der Waals surface area contributed by atoms with Crippen molar-refractivity contribution in [2.75, 3.05) is 13.2 Å². The average molecular weight is 347 g/mol. The van der Waals surface area contributed by atoms with E-state index in [9.17, 15) is 29.7 Å². The van der Waals surface area contributed by atoms with Crippen LogP contribution in [0.3, 0.4) is 0 Å². The SMILES string of the molecule is CC(C)(CO)C(O)C(=O)NCCC(=O)[O-].CC(O)C(=O)[O-].[Ca+2]. The van der Waals surface area contributed by atoms with Crippen LogP contribution in [0.2, 0.25) is 0 Å². The molecule has 0 fully saturated rings.